The Morgan fingerprint density at radius 3 is 2.56 bits per heavy atom. The highest BCUT2D eigenvalue weighted by Crippen LogP contribution is 2.31. The van der Waals surface area contributed by atoms with Crippen LogP contribution in [0.25, 0.3) is 0 Å². The van der Waals surface area contributed by atoms with Gasteiger partial charge in [0.15, 0.2) is 0 Å². The van der Waals surface area contributed by atoms with Crippen molar-refractivity contribution in [2.45, 2.75) is 19.1 Å². The van der Waals surface area contributed by atoms with Crippen LogP contribution < -0.4 is 10.6 Å². The van der Waals surface area contributed by atoms with Crippen molar-refractivity contribution in [2.24, 2.45) is 5.73 Å². The van der Waals surface area contributed by atoms with Gasteiger partial charge in [-0.3, -0.25) is 4.98 Å². The van der Waals surface area contributed by atoms with Gasteiger partial charge >= 0.3 is 6.18 Å². The Labute approximate surface area is 103 Å². The van der Waals surface area contributed by atoms with E-state index < -0.39 is 11.7 Å². The molecule has 2 N–H and O–H groups in total. The summed E-state index contributed by atoms with van der Waals surface area (Å²) in [6, 6.07) is 3.62. The fourth-order valence-electron chi connectivity index (χ4n) is 1.89. The number of alkyl halides is 3. The molecule has 0 amide bonds. The number of aromatic nitrogens is 1. The Balaban J connectivity index is 2.07. The lowest BCUT2D eigenvalue weighted by Crippen LogP contribution is -2.31. The number of nitrogens with zero attached hydrogens (tertiary/aromatic N) is 2. The monoisotopic (exact) mass is 257 g/mol. The van der Waals surface area contributed by atoms with Crippen molar-refractivity contribution >= 4 is 5.69 Å². The Morgan fingerprint density at radius 2 is 2.11 bits per heavy atom. The molecule has 18 heavy (non-hydrogen) atoms. The summed E-state index contributed by atoms with van der Waals surface area (Å²) < 4.78 is 37.4. The summed E-state index contributed by atoms with van der Waals surface area (Å²) in [7, 11) is 0. The largest absolute Gasteiger partial charge is 0.412 e. The topological polar surface area (TPSA) is 42.1 Å². The highest BCUT2D eigenvalue weighted by atomic mass is 19.4. The molecule has 1 aliphatic heterocycles. The van der Waals surface area contributed by atoms with Crippen molar-refractivity contribution in [3.05, 3.63) is 35.7 Å². The highest BCUT2D eigenvalue weighted by Gasteiger charge is 2.34. The number of nitrogens with two attached hydrogens (primary N) is 1. The van der Waals surface area contributed by atoms with E-state index in [0.717, 1.165) is 11.4 Å². The van der Waals surface area contributed by atoms with Gasteiger partial charge in [-0.25, -0.2) is 0 Å². The zero-order valence-electron chi connectivity index (χ0n) is 9.74. The summed E-state index contributed by atoms with van der Waals surface area (Å²) in [5, 5.41) is 0. The second-order valence-corrected chi connectivity index (χ2v) is 4.13. The van der Waals surface area contributed by atoms with Crippen molar-refractivity contribution < 1.29 is 13.2 Å². The summed E-state index contributed by atoms with van der Waals surface area (Å²) in [6.45, 7) is 0.978. The molecular weight excluding hydrogens is 243 g/mol. The lowest BCUT2D eigenvalue weighted by atomic mass is 10.1. The smallest absolute Gasteiger partial charge is 0.366 e. The van der Waals surface area contributed by atoms with Crippen molar-refractivity contribution in [2.75, 3.05) is 18.0 Å². The Kier molecular flexibility index (Phi) is 3.56. The number of halogens is 3. The molecular formula is C12H14F3N3. The SMILES string of the molecule is NCc1ccc(N2CC=C(C(F)(F)F)CC2)cn1. The zero-order valence-corrected chi connectivity index (χ0v) is 9.74. The minimum Gasteiger partial charge on any atom is -0.366 e. The van der Waals surface area contributed by atoms with Crippen molar-refractivity contribution in [1.82, 2.24) is 4.98 Å². The average molecular weight is 257 g/mol. The van der Waals surface area contributed by atoms with Gasteiger partial charge in [0.05, 0.1) is 17.6 Å². The second kappa shape index (κ2) is 4.97. The maximum absolute atomic E-state index is 12.5. The van der Waals surface area contributed by atoms with Crippen LogP contribution in [0.15, 0.2) is 30.0 Å². The third-order valence-corrected chi connectivity index (χ3v) is 2.96. The van der Waals surface area contributed by atoms with Gasteiger partial charge in [-0.15, -0.1) is 0 Å². The molecule has 0 aliphatic carbocycles. The molecule has 0 fully saturated rings. The Hall–Kier alpha value is -1.56. The number of anilines is 1. The average Bonchev–Trinajstić information content (AvgIpc) is 2.38. The number of hydrogen-bond acceptors (Lipinski definition) is 3. The molecule has 0 bridgehead atoms. The molecule has 98 valence electrons. The molecule has 2 rings (SSSR count). The predicted octanol–water partition coefficient (Wildman–Crippen LogP) is 2.24. The standard InChI is InChI=1S/C12H14F3N3/c13-12(14,15)9-3-5-18(6-4-9)11-2-1-10(7-16)17-8-11/h1-3,8H,4-7,16H2. The van der Waals surface area contributed by atoms with E-state index in [0.29, 0.717) is 13.1 Å². The number of hydrogen-bond donors (Lipinski definition) is 1. The molecule has 0 saturated carbocycles. The molecule has 2 heterocycles. The third-order valence-electron chi connectivity index (χ3n) is 2.96. The molecule has 0 radical (unpaired) electrons. The molecule has 1 aromatic rings. The first-order valence-electron chi connectivity index (χ1n) is 5.67. The van der Waals surface area contributed by atoms with Crippen LogP contribution in [0.3, 0.4) is 0 Å². The van der Waals surface area contributed by atoms with Crippen molar-refractivity contribution in [1.29, 1.82) is 0 Å². The minimum absolute atomic E-state index is 0.0160. The summed E-state index contributed by atoms with van der Waals surface area (Å²) in [6.07, 6.45) is -1.30. The number of rotatable bonds is 2. The van der Waals surface area contributed by atoms with Crippen LogP contribution in [-0.4, -0.2) is 24.2 Å². The van der Waals surface area contributed by atoms with Gasteiger partial charge in [0, 0.05) is 25.2 Å². The normalized spacial score (nSPS) is 16.7. The Bertz CT molecular complexity index is 437. The summed E-state index contributed by atoms with van der Waals surface area (Å²) in [5.41, 5.74) is 6.58. The van der Waals surface area contributed by atoms with Gasteiger partial charge in [-0.2, -0.15) is 13.2 Å². The first kappa shape index (κ1) is 12.9. The van der Waals surface area contributed by atoms with Gasteiger partial charge in [0.1, 0.15) is 0 Å². The lowest BCUT2D eigenvalue weighted by Gasteiger charge is -2.28. The van der Waals surface area contributed by atoms with Crippen molar-refractivity contribution in [3.8, 4) is 0 Å². The van der Waals surface area contributed by atoms with E-state index in [1.54, 1.807) is 12.3 Å². The maximum Gasteiger partial charge on any atom is 0.412 e. The van der Waals surface area contributed by atoms with Crippen LogP contribution >= 0.6 is 0 Å². The first-order chi connectivity index (χ1) is 8.50. The molecule has 0 atom stereocenters. The van der Waals surface area contributed by atoms with Crippen molar-refractivity contribution in [3.63, 3.8) is 0 Å². The maximum atomic E-state index is 12.5. The van der Waals surface area contributed by atoms with E-state index in [2.05, 4.69) is 4.98 Å². The van der Waals surface area contributed by atoms with Gasteiger partial charge in [-0.1, -0.05) is 6.08 Å². The van der Waals surface area contributed by atoms with Crippen LogP contribution in [0.1, 0.15) is 12.1 Å². The van der Waals surface area contributed by atoms with Crippen LogP contribution in [0.4, 0.5) is 18.9 Å². The van der Waals surface area contributed by atoms with E-state index in [1.165, 1.54) is 6.08 Å². The molecule has 1 aliphatic rings. The molecule has 0 saturated heterocycles. The van der Waals surface area contributed by atoms with Crippen LogP contribution in [-0.2, 0) is 6.54 Å². The van der Waals surface area contributed by atoms with E-state index in [9.17, 15) is 13.2 Å². The molecule has 0 unspecified atom stereocenters. The minimum atomic E-state index is -4.20. The molecule has 6 heteroatoms. The summed E-state index contributed by atoms with van der Waals surface area (Å²) in [5.74, 6) is 0. The van der Waals surface area contributed by atoms with Gasteiger partial charge < -0.3 is 10.6 Å². The van der Waals surface area contributed by atoms with Crippen LogP contribution in [0.5, 0.6) is 0 Å². The first-order valence-corrected chi connectivity index (χ1v) is 5.67. The van der Waals surface area contributed by atoms with Crippen LogP contribution in [0, 0.1) is 0 Å². The quantitative estimate of drug-likeness (QED) is 0.826. The number of pyridine rings is 1. The molecule has 3 nitrogen and oxygen atoms in total. The van der Waals surface area contributed by atoms with E-state index in [4.69, 9.17) is 5.73 Å². The second-order valence-electron chi connectivity index (χ2n) is 4.13. The third kappa shape index (κ3) is 2.81. The molecule has 1 aromatic heterocycles. The molecule has 0 aromatic carbocycles. The van der Waals surface area contributed by atoms with Gasteiger partial charge in [0.2, 0.25) is 0 Å². The van der Waals surface area contributed by atoms with Crippen LogP contribution in [0.2, 0.25) is 0 Å². The van der Waals surface area contributed by atoms with Gasteiger partial charge in [-0.05, 0) is 18.6 Å². The highest BCUT2D eigenvalue weighted by molar-refractivity contribution is 5.46. The Morgan fingerprint density at radius 1 is 1.33 bits per heavy atom. The summed E-state index contributed by atoms with van der Waals surface area (Å²) >= 11 is 0. The van der Waals surface area contributed by atoms with E-state index in [1.807, 2.05) is 11.0 Å². The van der Waals surface area contributed by atoms with E-state index in [-0.39, 0.29) is 13.0 Å². The van der Waals surface area contributed by atoms with E-state index >= 15 is 0 Å². The van der Waals surface area contributed by atoms with Gasteiger partial charge in [0.25, 0.3) is 0 Å². The lowest BCUT2D eigenvalue weighted by molar-refractivity contribution is -0.0943. The summed E-state index contributed by atoms with van der Waals surface area (Å²) in [4.78, 5) is 5.99. The predicted molar refractivity (Wildman–Crippen MR) is 63.1 cm³/mol. The fraction of sp³-hybridized carbons (Fsp3) is 0.417. The fourth-order valence-corrected chi connectivity index (χ4v) is 1.89. The zero-order chi connectivity index (χ0) is 13.2. The molecule has 0 spiro atoms.